The summed E-state index contributed by atoms with van der Waals surface area (Å²) in [7, 11) is 0. The maximum atomic E-state index is 13.0. The number of aryl methyl sites for hydroxylation is 1. The van der Waals surface area contributed by atoms with E-state index in [9.17, 15) is 10.1 Å². The Morgan fingerprint density at radius 3 is 2.96 bits per heavy atom. The number of nitrogens with one attached hydrogen (secondary N) is 1. The van der Waals surface area contributed by atoms with E-state index in [0.717, 1.165) is 43.6 Å². The summed E-state index contributed by atoms with van der Waals surface area (Å²) >= 11 is 3.38. The van der Waals surface area contributed by atoms with Gasteiger partial charge < -0.3 is 5.32 Å². The summed E-state index contributed by atoms with van der Waals surface area (Å²) in [4.78, 5) is 18.0. The zero-order valence-corrected chi connectivity index (χ0v) is 17.3. The number of hydrogen-bond donors (Lipinski definition) is 1. The number of hydrogen-bond acceptors (Lipinski definition) is 5. The highest BCUT2D eigenvalue weighted by Gasteiger charge is 2.34. The predicted octanol–water partition coefficient (Wildman–Crippen LogP) is 5.11. The average molecular weight is 400 g/mol. The molecule has 2 aliphatic rings. The van der Waals surface area contributed by atoms with E-state index in [-0.39, 0.29) is 11.9 Å². The number of nitriles is 1. The Kier molecular flexibility index (Phi) is 5.63. The van der Waals surface area contributed by atoms with Gasteiger partial charge in [-0.25, -0.2) is 0 Å². The van der Waals surface area contributed by atoms with Gasteiger partial charge in [-0.15, -0.1) is 22.7 Å². The largest absolute Gasteiger partial charge is 0.315 e. The minimum Gasteiger partial charge on any atom is -0.315 e. The molecule has 1 aliphatic heterocycles. The van der Waals surface area contributed by atoms with E-state index in [0.29, 0.717) is 11.6 Å². The molecule has 3 heterocycles. The van der Waals surface area contributed by atoms with Crippen LogP contribution in [0.4, 0.5) is 5.00 Å². The first-order chi connectivity index (χ1) is 13.2. The molecular weight excluding hydrogens is 374 g/mol. The molecule has 6 heteroatoms. The average Bonchev–Trinajstić information content (AvgIpc) is 3.38. The minimum absolute atomic E-state index is 0.00589. The van der Waals surface area contributed by atoms with Crippen molar-refractivity contribution in [1.29, 1.82) is 5.26 Å². The topological polar surface area (TPSA) is 56.1 Å². The number of nitrogens with zero attached hydrogens (tertiary/aromatic N) is 2. The first-order valence-corrected chi connectivity index (χ1v) is 11.5. The number of anilines is 1. The van der Waals surface area contributed by atoms with Crippen molar-refractivity contribution in [3.63, 3.8) is 0 Å². The third kappa shape index (κ3) is 3.69. The molecule has 1 N–H and O–H groups in total. The van der Waals surface area contributed by atoms with Crippen molar-refractivity contribution >= 4 is 33.6 Å². The Hall–Kier alpha value is -1.68. The molecule has 0 spiro atoms. The van der Waals surface area contributed by atoms with Gasteiger partial charge in [-0.05, 0) is 69.0 Å². The number of fused-ring (bicyclic) bond motifs is 1. The predicted molar refractivity (Wildman–Crippen MR) is 111 cm³/mol. The Morgan fingerprint density at radius 2 is 2.19 bits per heavy atom. The molecule has 4 nitrogen and oxygen atoms in total. The summed E-state index contributed by atoms with van der Waals surface area (Å²) in [5, 5.41) is 15.6. The van der Waals surface area contributed by atoms with Crippen LogP contribution in [0.25, 0.3) is 0 Å². The number of carbonyl (C=O) groups is 1. The second-order valence-electron chi connectivity index (χ2n) is 7.46. The van der Waals surface area contributed by atoms with Crippen LogP contribution in [-0.4, -0.2) is 23.4 Å². The van der Waals surface area contributed by atoms with E-state index >= 15 is 0 Å². The van der Waals surface area contributed by atoms with Crippen LogP contribution in [0.5, 0.6) is 0 Å². The van der Waals surface area contributed by atoms with E-state index in [1.54, 1.807) is 22.7 Å². The fourth-order valence-corrected chi connectivity index (χ4v) is 6.48. The monoisotopic (exact) mass is 399 g/mol. The SMILES string of the molecule is C[C@H](C(=O)Nc1sc2c(c1C#N)CCCCC2)N1CCC[C@@H]1c1cccs1. The Labute approximate surface area is 168 Å². The summed E-state index contributed by atoms with van der Waals surface area (Å²) in [6.45, 7) is 2.94. The molecule has 1 fully saturated rings. The van der Waals surface area contributed by atoms with Crippen molar-refractivity contribution in [2.45, 2.75) is 64.0 Å². The molecule has 0 unspecified atom stereocenters. The van der Waals surface area contributed by atoms with Crippen LogP contribution >= 0.6 is 22.7 Å². The van der Waals surface area contributed by atoms with Crippen LogP contribution in [0.2, 0.25) is 0 Å². The van der Waals surface area contributed by atoms with Gasteiger partial charge >= 0.3 is 0 Å². The van der Waals surface area contributed by atoms with Gasteiger partial charge in [0.25, 0.3) is 0 Å². The summed E-state index contributed by atoms with van der Waals surface area (Å²) in [5.41, 5.74) is 1.88. The maximum absolute atomic E-state index is 13.0. The number of thiophene rings is 2. The highest BCUT2D eigenvalue weighted by Crippen LogP contribution is 2.38. The normalized spacial score (nSPS) is 21.3. The highest BCUT2D eigenvalue weighted by molar-refractivity contribution is 7.16. The Balaban J connectivity index is 1.51. The molecule has 2 aromatic heterocycles. The van der Waals surface area contributed by atoms with Crippen LogP contribution in [0.3, 0.4) is 0 Å². The van der Waals surface area contributed by atoms with Crippen molar-refractivity contribution in [3.05, 3.63) is 38.4 Å². The number of likely N-dealkylation sites (tertiary alicyclic amines) is 1. The minimum atomic E-state index is -0.201. The van der Waals surface area contributed by atoms with Gasteiger partial charge in [0.15, 0.2) is 0 Å². The highest BCUT2D eigenvalue weighted by atomic mass is 32.1. The van der Waals surface area contributed by atoms with Gasteiger partial charge in [-0.3, -0.25) is 9.69 Å². The second-order valence-corrected chi connectivity index (χ2v) is 9.54. The van der Waals surface area contributed by atoms with Gasteiger partial charge in [0, 0.05) is 15.8 Å². The second kappa shape index (κ2) is 8.14. The first kappa shape index (κ1) is 18.7. The fraction of sp³-hybridized carbons (Fsp3) is 0.524. The third-order valence-corrected chi connectivity index (χ3v) is 7.99. The van der Waals surface area contributed by atoms with Crippen LogP contribution in [-0.2, 0) is 17.6 Å². The standard InChI is InChI=1S/C21H25N3OS2/c1-14(24-11-5-8-17(24)19-10-6-12-26-19)20(25)23-21-16(13-22)15-7-3-2-4-9-18(15)27-21/h6,10,12,14,17H,2-5,7-9,11H2,1H3,(H,23,25)/t14-,17-/m1/s1. The molecule has 2 atom stereocenters. The lowest BCUT2D eigenvalue weighted by atomic mass is 10.1. The number of amides is 1. The molecule has 0 bridgehead atoms. The third-order valence-electron chi connectivity index (χ3n) is 5.81. The first-order valence-electron chi connectivity index (χ1n) is 9.83. The van der Waals surface area contributed by atoms with Crippen LogP contribution < -0.4 is 5.32 Å². The van der Waals surface area contributed by atoms with Crippen molar-refractivity contribution in [1.82, 2.24) is 4.90 Å². The van der Waals surface area contributed by atoms with E-state index in [1.165, 1.54) is 28.2 Å². The lowest BCUT2D eigenvalue weighted by molar-refractivity contribution is -0.121. The molecule has 1 aliphatic carbocycles. The van der Waals surface area contributed by atoms with Gasteiger partial charge in [-0.1, -0.05) is 12.5 Å². The molecule has 4 rings (SSSR count). The van der Waals surface area contributed by atoms with E-state index in [4.69, 9.17) is 0 Å². The molecule has 27 heavy (non-hydrogen) atoms. The maximum Gasteiger partial charge on any atom is 0.242 e. The lowest BCUT2D eigenvalue weighted by Gasteiger charge is -2.29. The molecule has 142 valence electrons. The van der Waals surface area contributed by atoms with E-state index < -0.39 is 0 Å². The van der Waals surface area contributed by atoms with E-state index in [1.807, 2.05) is 6.92 Å². The van der Waals surface area contributed by atoms with E-state index in [2.05, 4.69) is 33.8 Å². The van der Waals surface area contributed by atoms with Crippen molar-refractivity contribution in [3.8, 4) is 6.07 Å². The quantitative estimate of drug-likeness (QED) is 0.727. The number of rotatable bonds is 4. The van der Waals surface area contributed by atoms with Crippen molar-refractivity contribution in [2.75, 3.05) is 11.9 Å². The molecule has 0 aromatic carbocycles. The molecule has 2 aromatic rings. The summed E-state index contributed by atoms with van der Waals surface area (Å²) in [6, 6.07) is 6.75. The van der Waals surface area contributed by atoms with Gasteiger partial charge in [0.2, 0.25) is 5.91 Å². The van der Waals surface area contributed by atoms with Crippen LogP contribution in [0, 0.1) is 11.3 Å². The smallest absolute Gasteiger partial charge is 0.242 e. The zero-order valence-electron chi connectivity index (χ0n) is 15.7. The number of carbonyl (C=O) groups excluding carboxylic acids is 1. The molecular formula is C21H25N3OS2. The van der Waals surface area contributed by atoms with Crippen molar-refractivity contribution in [2.24, 2.45) is 0 Å². The molecule has 1 amide bonds. The Morgan fingerprint density at radius 1 is 1.33 bits per heavy atom. The van der Waals surface area contributed by atoms with Crippen molar-refractivity contribution < 1.29 is 4.79 Å². The molecule has 1 saturated heterocycles. The lowest BCUT2D eigenvalue weighted by Crippen LogP contribution is -2.41. The summed E-state index contributed by atoms with van der Waals surface area (Å²) in [5.74, 6) is 0.00589. The van der Waals surface area contributed by atoms with Gasteiger partial charge in [0.1, 0.15) is 11.1 Å². The van der Waals surface area contributed by atoms with Crippen LogP contribution in [0.15, 0.2) is 17.5 Å². The summed E-state index contributed by atoms with van der Waals surface area (Å²) in [6.07, 6.45) is 7.77. The molecule has 0 saturated carbocycles. The van der Waals surface area contributed by atoms with Gasteiger partial charge in [-0.2, -0.15) is 5.26 Å². The van der Waals surface area contributed by atoms with Crippen LogP contribution in [0.1, 0.15) is 66.0 Å². The fourth-order valence-electron chi connectivity index (χ4n) is 4.35. The summed E-state index contributed by atoms with van der Waals surface area (Å²) < 4.78 is 0. The van der Waals surface area contributed by atoms with Gasteiger partial charge in [0.05, 0.1) is 11.6 Å². The molecule has 0 radical (unpaired) electrons. The zero-order chi connectivity index (χ0) is 18.8. The Bertz CT molecular complexity index is 850.